The van der Waals surface area contributed by atoms with Crippen molar-refractivity contribution in [3.63, 3.8) is 0 Å². The molecule has 0 saturated carbocycles. The number of nitrogens with zero attached hydrogens (tertiary/aromatic N) is 4. The van der Waals surface area contributed by atoms with Crippen LogP contribution in [-0.2, 0) is 10.0 Å². The van der Waals surface area contributed by atoms with Gasteiger partial charge in [-0.25, -0.2) is 13.4 Å². The topological polar surface area (TPSA) is 66.4 Å². The lowest BCUT2D eigenvalue weighted by molar-refractivity contribution is 0.383. The zero-order chi connectivity index (χ0) is 19.0. The second-order valence-electron chi connectivity index (χ2n) is 6.88. The molecule has 0 amide bonds. The highest BCUT2D eigenvalue weighted by Crippen LogP contribution is 2.23. The quantitative estimate of drug-likeness (QED) is 0.697. The van der Waals surface area contributed by atoms with Crippen molar-refractivity contribution in [2.24, 2.45) is 0 Å². The van der Waals surface area contributed by atoms with Crippen LogP contribution in [0.5, 0.6) is 0 Å². The number of aromatic nitrogens is 2. The SMILES string of the molecule is Cc1ccc(S(=O)(=O)N2CCN(c3cnc4ccccc4n3)CC2)c(C)c1. The monoisotopic (exact) mass is 382 g/mol. The molecule has 1 aliphatic rings. The van der Waals surface area contributed by atoms with E-state index in [0.717, 1.165) is 28.0 Å². The van der Waals surface area contributed by atoms with Crippen LogP contribution in [0.4, 0.5) is 5.82 Å². The van der Waals surface area contributed by atoms with Gasteiger partial charge in [0.25, 0.3) is 0 Å². The van der Waals surface area contributed by atoms with Crippen molar-refractivity contribution in [2.45, 2.75) is 18.7 Å². The van der Waals surface area contributed by atoms with Crippen molar-refractivity contribution >= 4 is 26.9 Å². The second-order valence-corrected chi connectivity index (χ2v) is 8.78. The molecule has 0 bridgehead atoms. The van der Waals surface area contributed by atoms with Gasteiger partial charge in [-0.3, -0.25) is 4.98 Å². The smallest absolute Gasteiger partial charge is 0.243 e. The Hall–Kier alpha value is -2.51. The van der Waals surface area contributed by atoms with Crippen molar-refractivity contribution in [1.29, 1.82) is 0 Å². The van der Waals surface area contributed by atoms with Gasteiger partial charge in [0, 0.05) is 26.2 Å². The van der Waals surface area contributed by atoms with Crippen molar-refractivity contribution in [1.82, 2.24) is 14.3 Å². The Balaban J connectivity index is 1.52. The largest absolute Gasteiger partial charge is 0.353 e. The predicted molar refractivity (Wildman–Crippen MR) is 106 cm³/mol. The molecule has 1 saturated heterocycles. The lowest BCUT2D eigenvalue weighted by Gasteiger charge is -2.34. The number of fused-ring (bicyclic) bond motifs is 1. The molecule has 0 atom stereocenters. The Bertz CT molecular complexity index is 1090. The minimum absolute atomic E-state index is 0.395. The summed E-state index contributed by atoms with van der Waals surface area (Å²) >= 11 is 0. The van der Waals surface area contributed by atoms with Crippen LogP contribution in [0.2, 0.25) is 0 Å². The molecular weight excluding hydrogens is 360 g/mol. The highest BCUT2D eigenvalue weighted by molar-refractivity contribution is 7.89. The van der Waals surface area contributed by atoms with Gasteiger partial charge in [-0.2, -0.15) is 4.31 Å². The van der Waals surface area contributed by atoms with Crippen LogP contribution in [-0.4, -0.2) is 48.9 Å². The van der Waals surface area contributed by atoms with Gasteiger partial charge in [0.1, 0.15) is 5.82 Å². The van der Waals surface area contributed by atoms with Gasteiger partial charge < -0.3 is 4.90 Å². The van der Waals surface area contributed by atoms with E-state index in [9.17, 15) is 8.42 Å². The number of sulfonamides is 1. The molecule has 7 heteroatoms. The standard InChI is InChI=1S/C20H22N4O2S/c1-15-7-8-19(16(2)13-15)27(25,26)24-11-9-23(10-12-24)20-14-21-17-5-3-4-6-18(17)22-20/h3-8,13-14H,9-12H2,1-2H3. The summed E-state index contributed by atoms with van der Waals surface area (Å²) in [5, 5.41) is 0. The molecule has 1 aliphatic heterocycles. The first kappa shape index (κ1) is 17.9. The molecule has 0 spiro atoms. The normalized spacial score (nSPS) is 16.0. The van der Waals surface area contributed by atoms with Crippen LogP contribution >= 0.6 is 0 Å². The zero-order valence-corrected chi connectivity index (χ0v) is 16.3. The van der Waals surface area contributed by atoms with Crippen LogP contribution in [0, 0.1) is 13.8 Å². The third kappa shape index (κ3) is 3.40. The number of piperazine rings is 1. The van der Waals surface area contributed by atoms with Gasteiger partial charge in [-0.05, 0) is 37.6 Å². The van der Waals surface area contributed by atoms with E-state index >= 15 is 0 Å². The number of aryl methyl sites for hydroxylation is 2. The minimum atomic E-state index is -3.48. The van der Waals surface area contributed by atoms with Gasteiger partial charge in [0.05, 0.1) is 22.1 Å². The molecule has 0 radical (unpaired) electrons. The summed E-state index contributed by atoms with van der Waals surface area (Å²) in [6, 6.07) is 13.2. The molecule has 2 heterocycles. The zero-order valence-electron chi connectivity index (χ0n) is 15.5. The van der Waals surface area contributed by atoms with E-state index in [1.54, 1.807) is 16.6 Å². The van der Waals surface area contributed by atoms with Crippen LogP contribution in [0.25, 0.3) is 11.0 Å². The van der Waals surface area contributed by atoms with Gasteiger partial charge in [-0.1, -0.05) is 29.8 Å². The number of para-hydroxylation sites is 2. The van der Waals surface area contributed by atoms with Crippen molar-refractivity contribution < 1.29 is 8.42 Å². The Morgan fingerprint density at radius 1 is 0.926 bits per heavy atom. The fraction of sp³-hybridized carbons (Fsp3) is 0.300. The van der Waals surface area contributed by atoms with Crippen LogP contribution in [0.1, 0.15) is 11.1 Å². The van der Waals surface area contributed by atoms with E-state index in [2.05, 4.69) is 14.9 Å². The Labute approximate surface area is 159 Å². The predicted octanol–water partition coefficient (Wildman–Crippen LogP) is 2.76. The molecule has 3 aromatic rings. The number of benzene rings is 2. The van der Waals surface area contributed by atoms with E-state index in [-0.39, 0.29) is 0 Å². The van der Waals surface area contributed by atoms with Crippen molar-refractivity contribution in [3.05, 3.63) is 59.8 Å². The molecule has 0 N–H and O–H groups in total. The lowest BCUT2D eigenvalue weighted by Crippen LogP contribution is -2.49. The van der Waals surface area contributed by atoms with Crippen LogP contribution in [0.15, 0.2) is 53.6 Å². The Kier molecular flexibility index (Phi) is 4.57. The molecule has 0 aliphatic carbocycles. The van der Waals surface area contributed by atoms with E-state index < -0.39 is 10.0 Å². The van der Waals surface area contributed by atoms with Gasteiger partial charge in [-0.15, -0.1) is 0 Å². The van der Waals surface area contributed by atoms with E-state index in [4.69, 9.17) is 0 Å². The van der Waals surface area contributed by atoms with Gasteiger partial charge in [0.15, 0.2) is 0 Å². The van der Waals surface area contributed by atoms with Crippen LogP contribution < -0.4 is 4.90 Å². The maximum absolute atomic E-state index is 13.0. The average Bonchev–Trinajstić information content (AvgIpc) is 2.67. The first-order valence-electron chi connectivity index (χ1n) is 8.99. The van der Waals surface area contributed by atoms with Gasteiger partial charge >= 0.3 is 0 Å². The van der Waals surface area contributed by atoms with E-state index in [1.807, 2.05) is 50.2 Å². The minimum Gasteiger partial charge on any atom is -0.353 e. The fourth-order valence-electron chi connectivity index (χ4n) is 3.49. The summed E-state index contributed by atoms with van der Waals surface area (Å²) < 4.78 is 27.6. The average molecular weight is 382 g/mol. The van der Waals surface area contributed by atoms with E-state index in [0.29, 0.717) is 31.1 Å². The highest BCUT2D eigenvalue weighted by atomic mass is 32.2. The first-order valence-corrected chi connectivity index (χ1v) is 10.4. The van der Waals surface area contributed by atoms with Crippen LogP contribution in [0.3, 0.4) is 0 Å². The maximum atomic E-state index is 13.0. The summed E-state index contributed by atoms with van der Waals surface area (Å²) in [6.07, 6.45) is 1.76. The molecule has 2 aromatic carbocycles. The first-order chi connectivity index (χ1) is 12.9. The highest BCUT2D eigenvalue weighted by Gasteiger charge is 2.30. The number of anilines is 1. The molecule has 1 aromatic heterocycles. The number of hydrogen-bond acceptors (Lipinski definition) is 5. The van der Waals surface area contributed by atoms with Crippen molar-refractivity contribution in [3.8, 4) is 0 Å². The van der Waals surface area contributed by atoms with Gasteiger partial charge in [0.2, 0.25) is 10.0 Å². The fourth-order valence-corrected chi connectivity index (χ4v) is 5.11. The molecule has 27 heavy (non-hydrogen) atoms. The maximum Gasteiger partial charge on any atom is 0.243 e. The summed E-state index contributed by atoms with van der Waals surface area (Å²) in [5.74, 6) is 0.789. The Morgan fingerprint density at radius 2 is 1.63 bits per heavy atom. The second kappa shape index (κ2) is 6.90. The molecule has 4 rings (SSSR count). The molecular formula is C20H22N4O2S. The van der Waals surface area contributed by atoms with E-state index in [1.165, 1.54) is 0 Å². The number of rotatable bonds is 3. The summed E-state index contributed by atoms with van der Waals surface area (Å²) in [4.78, 5) is 11.6. The summed E-state index contributed by atoms with van der Waals surface area (Å²) in [7, 11) is -3.48. The lowest BCUT2D eigenvalue weighted by atomic mass is 10.2. The third-order valence-electron chi connectivity index (χ3n) is 4.95. The molecule has 1 fully saturated rings. The molecule has 140 valence electrons. The third-order valence-corrected chi connectivity index (χ3v) is 7.01. The summed E-state index contributed by atoms with van der Waals surface area (Å²) in [5.41, 5.74) is 3.56. The summed E-state index contributed by atoms with van der Waals surface area (Å²) in [6.45, 7) is 5.87. The molecule has 6 nitrogen and oxygen atoms in total. The Morgan fingerprint density at radius 3 is 2.33 bits per heavy atom. The number of hydrogen-bond donors (Lipinski definition) is 0. The molecule has 0 unspecified atom stereocenters. The van der Waals surface area contributed by atoms with Crippen molar-refractivity contribution in [2.75, 3.05) is 31.1 Å².